The number of rotatable bonds is 1. The minimum Gasteiger partial charge on any atom is -0.471 e. The van der Waals surface area contributed by atoms with E-state index in [2.05, 4.69) is 17.0 Å². The summed E-state index contributed by atoms with van der Waals surface area (Å²) < 4.78 is 3.86. The summed E-state index contributed by atoms with van der Waals surface area (Å²) in [7, 11) is 1.31. The average Bonchev–Trinajstić information content (AvgIpc) is 2.07. The Hall–Kier alpha value is -0.570. The van der Waals surface area contributed by atoms with Gasteiger partial charge in [-0.1, -0.05) is 6.42 Å². The fourth-order valence-corrected chi connectivity index (χ4v) is 1.03. The Bertz CT molecular complexity index is 90.1. The Kier molecular flexibility index (Phi) is 7.15. The Balaban J connectivity index is 0.000000218. The minimum atomic E-state index is 0.375. The monoisotopic (exact) mass is 159 g/mol. The Morgan fingerprint density at radius 2 is 2.18 bits per heavy atom. The van der Waals surface area contributed by atoms with Crippen molar-refractivity contribution >= 4 is 6.47 Å². The van der Waals surface area contributed by atoms with E-state index in [0.29, 0.717) is 6.47 Å². The lowest BCUT2D eigenvalue weighted by Gasteiger charge is -2.18. The van der Waals surface area contributed by atoms with E-state index < -0.39 is 0 Å². The smallest absolute Gasteiger partial charge is 0.292 e. The third kappa shape index (κ3) is 7.33. The van der Waals surface area contributed by atoms with Gasteiger partial charge in [0.2, 0.25) is 0 Å². The molecule has 0 spiro atoms. The highest BCUT2D eigenvalue weighted by molar-refractivity contribution is 5.36. The molecule has 0 bridgehead atoms. The molecular formula is C8H17NO2. The number of ether oxygens (including phenoxy) is 1. The summed E-state index contributed by atoms with van der Waals surface area (Å²) >= 11 is 0. The molecule has 0 unspecified atom stereocenters. The maximum Gasteiger partial charge on any atom is 0.292 e. The van der Waals surface area contributed by atoms with Gasteiger partial charge in [-0.15, -0.1) is 0 Å². The molecule has 0 saturated carbocycles. The van der Waals surface area contributed by atoms with Crippen LogP contribution < -0.4 is 5.32 Å². The van der Waals surface area contributed by atoms with E-state index in [-0.39, 0.29) is 0 Å². The Labute approximate surface area is 68.1 Å². The fraction of sp³-hybridized carbons (Fsp3) is 0.875. The van der Waals surface area contributed by atoms with Gasteiger partial charge in [-0.05, 0) is 26.3 Å². The molecule has 1 atom stereocenters. The zero-order chi connectivity index (χ0) is 8.53. The molecule has 66 valence electrons. The van der Waals surface area contributed by atoms with Gasteiger partial charge in [0.05, 0.1) is 7.11 Å². The van der Waals surface area contributed by atoms with Crippen LogP contribution in [-0.4, -0.2) is 26.2 Å². The second-order valence-electron chi connectivity index (χ2n) is 2.68. The first-order chi connectivity index (χ1) is 5.31. The zero-order valence-corrected chi connectivity index (χ0v) is 7.30. The zero-order valence-electron chi connectivity index (χ0n) is 7.30. The van der Waals surface area contributed by atoms with Crippen LogP contribution in [0.3, 0.4) is 0 Å². The molecule has 0 aromatic carbocycles. The minimum absolute atomic E-state index is 0.375. The van der Waals surface area contributed by atoms with Gasteiger partial charge in [-0.3, -0.25) is 4.79 Å². The third-order valence-corrected chi connectivity index (χ3v) is 1.65. The van der Waals surface area contributed by atoms with Crippen LogP contribution >= 0.6 is 0 Å². The summed E-state index contributed by atoms with van der Waals surface area (Å²) in [6.45, 7) is 3.86. The van der Waals surface area contributed by atoms with Gasteiger partial charge in [-0.25, -0.2) is 0 Å². The van der Waals surface area contributed by atoms with E-state index in [4.69, 9.17) is 4.79 Å². The van der Waals surface area contributed by atoms with E-state index >= 15 is 0 Å². The highest BCUT2D eigenvalue weighted by atomic mass is 16.5. The molecule has 1 fully saturated rings. The van der Waals surface area contributed by atoms with Crippen LogP contribution in [0.25, 0.3) is 0 Å². The van der Waals surface area contributed by atoms with Crippen molar-refractivity contribution < 1.29 is 9.53 Å². The van der Waals surface area contributed by atoms with E-state index in [1.807, 2.05) is 0 Å². The lowest BCUT2D eigenvalue weighted by Crippen LogP contribution is -2.30. The number of hydrogen-bond donors (Lipinski definition) is 1. The van der Waals surface area contributed by atoms with Crippen LogP contribution in [0.5, 0.6) is 0 Å². The van der Waals surface area contributed by atoms with Gasteiger partial charge in [0.15, 0.2) is 0 Å². The Morgan fingerprint density at radius 3 is 2.36 bits per heavy atom. The van der Waals surface area contributed by atoms with Crippen LogP contribution in [0.4, 0.5) is 0 Å². The fourth-order valence-electron chi connectivity index (χ4n) is 1.03. The predicted molar refractivity (Wildman–Crippen MR) is 44.4 cm³/mol. The molecule has 1 aliphatic heterocycles. The van der Waals surface area contributed by atoms with Gasteiger partial charge >= 0.3 is 0 Å². The largest absolute Gasteiger partial charge is 0.471 e. The summed E-state index contributed by atoms with van der Waals surface area (Å²) in [6.07, 6.45) is 4.18. The predicted octanol–water partition coefficient (Wildman–Crippen LogP) is 0.938. The van der Waals surface area contributed by atoms with E-state index in [1.54, 1.807) is 0 Å². The molecule has 0 amide bonds. The number of nitrogens with one attached hydrogen (secondary N) is 1. The number of methoxy groups -OCH3 is 1. The van der Waals surface area contributed by atoms with Crippen molar-refractivity contribution in [2.45, 2.75) is 32.2 Å². The molecule has 0 aromatic rings. The molecule has 3 nitrogen and oxygen atoms in total. The summed E-state index contributed by atoms with van der Waals surface area (Å²) in [5, 5.41) is 3.38. The van der Waals surface area contributed by atoms with Crippen molar-refractivity contribution in [2.24, 2.45) is 0 Å². The van der Waals surface area contributed by atoms with Crippen LogP contribution in [0, 0.1) is 0 Å². The molecule has 0 radical (unpaired) electrons. The van der Waals surface area contributed by atoms with Gasteiger partial charge in [-0.2, -0.15) is 0 Å². The molecular weight excluding hydrogens is 142 g/mol. The lowest BCUT2D eigenvalue weighted by atomic mass is 10.1. The van der Waals surface area contributed by atoms with Gasteiger partial charge < -0.3 is 10.1 Å². The number of piperidine rings is 1. The number of hydrogen-bond acceptors (Lipinski definition) is 3. The summed E-state index contributed by atoms with van der Waals surface area (Å²) in [5.74, 6) is 0. The van der Waals surface area contributed by atoms with E-state index in [1.165, 1.54) is 32.9 Å². The maximum atomic E-state index is 8.95. The van der Waals surface area contributed by atoms with Crippen LogP contribution in [0.15, 0.2) is 0 Å². The summed E-state index contributed by atoms with van der Waals surface area (Å²) in [5.41, 5.74) is 0. The molecule has 11 heavy (non-hydrogen) atoms. The highest BCUT2D eigenvalue weighted by Crippen LogP contribution is 2.04. The molecule has 0 aliphatic carbocycles. The second-order valence-corrected chi connectivity index (χ2v) is 2.68. The second kappa shape index (κ2) is 7.54. The van der Waals surface area contributed by atoms with Crippen molar-refractivity contribution in [2.75, 3.05) is 13.7 Å². The van der Waals surface area contributed by atoms with Crippen LogP contribution in [0.2, 0.25) is 0 Å². The third-order valence-electron chi connectivity index (χ3n) is 1.65. The molecule has 3 heteroatoms. The first-order valence-corrected chi connectivity index (χ1v) is 4.01. The molecule has 1 aliphatic rings. The number of carbonyl (C=O) groups excluding carboxylic acids is 1. The molecule has 1 rings (SSSR count). The quantitative estimate of drug-likeness (QED) is 0.579. The molecule has 0 aromatic heterocycles. The van der Waals surface area contributed by atoms with Gasteiger partial charge in [0.25, 0.3) is 6.47 Å². The van der Waals surface area contributed by atoms with Crippen molar-refractivity contribution in [3.63, 3.8) is 0 Å². The topological polar surface area (TPSA) is 38.3 Å². The normalized spacial score (nSPS) is 22.9. The number of carbonyl (C=O) groups is 1. The standard InChI is InChI=1S/C6H13N.C2H4O2/c1-6-4-2-3-5-7-6;1-4-2-3/h6-7H,2-5H2,1H3;2H,1H3/t6-;/m0./s1. The SMILES string of the molecule is COC=O.C[C@H]1CCCCN1. The van der Waals surface area contributed by atoms with Crippen molar-refractivity contribution in [3.05, 3.63) is 0 Å². The first-order valence-electron chi connectivity index (χ1n) is 4.01. The van der Waals surface area contributed by atoms with Crippen molar-refractivity contribution in [3.8, 4) is 0 Å². The van der Waals surface area contributed by atoms with E-state index in [9.17, 15) is 0 Å². The van der Waals surface area contributed by atoms with Crippen LogP contribution in [0.1, 0.15) is 26.2 Å². The summed E-state index contributed by atoms with van der Waals surface area (Å²) in [6, 6.07) is 0.786. The maximum absolute atomic E-state index is 8.95. The van der Waals surface area contributed by atoms with Crippen molar-refractivity contribution in [1.82, 2.24) is 5.32 Å². The average molecular weight is 159 g/mol. The molecule has 1 N–H and O–H groups in total. The van der Waals surface area contributed by atoms with E-state index in [0.717, 1.165) is 6.04 Å². The van der Waals surface area contributed by atoms with Crippen LogP contribution in [-0.2, 0) is 9.53 Å². The summed E-state index contributed by atoms with van der Waals surface area (Å²) in [4.78, 5) is 8.95. The Morgan fingerprint density at radius 1 is 1.55 bits per heavy atom. The molecule has 1 heterocycles. The lowest BCUT2D eigenvalue weighted by molar-refractivity contribution is -0.126. The highest BCUT2D eigenvalue weighted by Gasteiger charge is 2.04. The van der Waals surface area contributed by atoms with Gasteiger partial charge in [0, 0.05) is 6.04 Å². The van der Waals surface area contributed by atoms with Gasteiger partial charge in [0.1, 0.15) is 0 Å². The molecule has 1 saturated heterocycles. The first kappa shape index (κ1) is 10.4. The van der Waals surface area contributed by atoms with Crippen molar-refractivity contribution in [1.29, 1.82) is 0 Å².